The van der Waals surface area contributed by atoms with E-state index in [0.717, 1.165) is 0 Å². The summed E-state index contributed by atoms with van der Waals surface area (Å²) in [6.07, 6.45) is 5.26. The first-order valence-corrected chi connectivity index (χ1v) is 5.26. The van der Waals surface area contributed by atoms with E-state index in [0.29, 0.717) is 4.47 Å². The number of nitro benzene ring substituents is 1. The normalized spacial score (nSPS) is 10.6. The molecular weight excluding hydrogens is 274 g/mol. The fourth-order valence-electron chi connectivity index (χ4n) is 1.02. The average Bonchev–Trinajstić information content (AvgIpc) is 2.20. The van der Waals surface area contributed by atoms with Crippen LogP contribution in [0, 0.1) is 22.5 Å². The molecule has 16 heavy (non-hydrogen) atoms. The van der Waals surface area contributed by atoms with Gasteiger partial charge in [0.2, 0.25) is 0 Å². The number of halogens is 1. The van der Waals surface area contributed by atoms with Crippen molar-refractivity contribution in [1.29, 1.82) is 0 Å². The van der Waals surface area contributed by atoms with E-state index in [9.17, 15) is 10.1 Å². The molecule has 84 valence electrons. The van der Waals surface area contributed by atoms with Crippen LogP contribution in [0.3, 0.4) is 0 Å². The van der Waals surface area contributed by atoms with Gasteiger partial charge >= 0.3 is 5.69 Å². The van der Waals surface area contributed by atoms with E-state index >= 15 is 0 Å². The van der Waals surface area contributed by atoms with Crippen LogP contribution < -0.4 is 4.74 Å². The topological polar surface area (TPSA) is 52.4 Å². The number of rotatable bonds is 3. The van der Waals surface area contributed by atoms with Crippen LogP contribution in [0.4, 0.5) is 5.69 Å². The Balaban J connectivity index is 3.15. The van der Waals surface area contributed by atoms with Gasteiger partial charge in [-0.15, -0.1) is 6.42 Å². The molecule has 0 aliphatic heterocycles. The highest BCUT2D eigenvalue weighted by Crippen LogP contribution is 2.32. The molecule has 0 N–H and O–H groups in total. The average molecular weight is 284 g/mol. The minimum atomic E-state index is -0.876. The van der Waals surface area contributed by atoms with Crippen molar-refractivity contribution in [1.82, 2.24) is 0 Å². The summed E-state index contributed by atoms with van der Waals surface area (Å²) in [6, 6.07) is 4.55. The molecule has 0 spiro atoms. The van der Waals surface area contributed by atoms with E-state index in [2.05, 4.69) is 21.9 Å². The van der Waals surface area contributed by atoms with Gasteiger partial charge in [0.05, 0.1) is 4.92 Å². The van der Waals surface area contributed by atoms with Crippen molar-refractivity contribution >= 4 is 21.6 Å². The fraction of sp³-hybridized carbons (Fsp3) is 0.273. The van der Waals surface area contributed by atoms with Crippen LogP contribution in [0.2, 0.25) is 0 Å². The van der Waals surface area contributed by atoms with Crippen molar-refractivity contribution in [2.75, 3.05) is 0 Å². The minimum Gasteiger partial charge on any atom is -0.468 e. The molecule has 0 saturated heterocycles. The maximum absolute atomic E-state index is 10.8. The van der Waals surface area contributed by atoms with E-state index in [4.69, 9.17) is 11.2 Å². The molecule has 1 rings (SSSR count). The second-order valence-electron chi connectivity index (χ2n) is 3.63. The van der Waals surface area contributed by atoms with Gasteiger partial charge in [-0.3, -0.25) is 10.1 Å². The Hall–Kier alpha value is -1.54. The number of nitro groups is 1. The molecule has 0 radical (unpaired) electrons. The highest BCUT2D eigenvalue weighted by atomic mass is 79.9. The molecule has 0 aliphatic rings. The Kier molecular flexibility index (Phi) is 3.55. The van der Waals surface area contributed by atoms with Crippen LogP contribution in [-0.2, 0) is 0 Å². The van der Waals surface area contributed by atoms with Crippen molar-refractivity contribution in [3.05, 3.63) is 32.8 Å². The smallest absolute Gasteiger partial charge is 0.312 e. The summed E-state index contributed by atoms with van der Waals surface area (Å²) < 4.78 is 6.02. The number of benzene rings is 1. The van der Waals surface area contributed by atoms with Gasteiger partial charge in [0.15, 0.2) is 11.4 Å². The zero-order valence-electron chi connectivity index (χ0n) is 8.86. The Morgan fingerprint density at radius 3 is 2.69 bits per heavy atom. The van der Waals surface area contributed by atoms with Gasteiger partial charge in [0.25, 0.3) is 0 Å². The lowest BCUT2D eigenvalue weighted by Crippen LogP contribution is -2.25. The first-order valence-electron chi connectivity index (χ1n) is 4.46. The number of hydrogen-bond acceptors (Lipinski definition) is 3. The SMILES string of the molecule is C#CC(C)(C)Oc1ccc(Br)cc1[N+](=O)[O-]. The van der Waals surface area contributed by atoms with Gasteiger partial charge in [-0.25, -0.2) is 0 Å². The van der Waals surface area contributed by atoms with Crippen LogP contribution in [0.1, 0.15) is 13.8 Å². The lowest BCUT2D eigenvalue weighted by molar-refractivity contribution is -0.386. The van der Waals surface area contributed by atoms with Crippen molar-refractivity contribution in [2.24, 2.45) is 0 Å². The zero-order valence-corrected chi connectivity index (χ0v) is 10.4. The van der Waals surface area contributed by atoms with E-state index in [1.807, 2.05) is 0 Å². The first kappa shape index (κ1) is 12.5. The van der Waals surface area contributed by atoms with Crippen molar-refractivity contribution < 1.29 is 9.66 Å². The summed E-state index contributed by atoms with van der Waals surface area (Å²) in [5.74, 6) is 2.58. The Labute approximate surface area is 102 Å². The summed E-state index contributed by atoms with van der Waals surface area (Å²) in [5, 5.41) is 10.8. The molecule has 0 aromatic heterocycles. The monoisotopic (exact) mass is 283 g/mol. The number of ether oxygens (including phenoxy) is 1. The first-order chi connectivity index (χ1) is 7.35. The van der Waals surface area contributed by atoms with Crippen molar-refractivity contribution in [2.45, 2.75) is 19.4 Å². The Morgan fingerprint density at radius 1 is 1.56 bits per heavy atom. The van der Waals surface area contributed by atoms with E-state index < -0.39 is 10.5 Å². The summed E-state index contributed by atoms with van der Waals surface area (Å²) in [4.78, 5) is 10.3. The predicted octanol–water partition coefficient (Wildman–Crippen LogP) is 3.15. The van der Waals surface area contributed by atoms with Crippen LogP contribution in [0.5, 0.6) is 5.75 Å². The van der Waals surface area contributed by atoms with Gasteiger partial charge in [-0.1, -0.05) is 21.9 Å². The van der Waals surface area contributed by atoms with Gasteiger partial charge in [0, 0.05) is 10.5 Å². The molecule has 1 aromatic carbocycles. The second-order valence-corrected chi connectivity index (χ2v) is 4.54. The highest BCUT2D eigenvalue weighted by molar-refractivity contribution is 9.10. The summed E-state index contributed by atoms with van der Waals surface area (Å²) in [6.45, 7) is 3.33. The quantitative estimate of drug-likeness (QED) is 0.486. The molecule has 0 atom stereocenters. The van der Waals surface area contributed by atoms with Crippen LogP contribution >= 0.6 is 15.9 Å². The Morgan fingerprint density at radius 2 is 2.19 bits per heavy atom. The third-order valence-electron chi connectivity index (χ3n) is 1.83. The molecule has 0 bridgehead atoms. The fourth-order valence-corrected chi connectivity index (χ4v) is 1.37. The molecule has 0 aliphatic carbocycles. The third-order valence-corrected chi connectivity index (χ3v) is 2.32. The van der Waals surface area contributed by atoms with E-state index in [1.54, 1.807) is 19.9 Å². The van der Waals surface area contributed by atoms with E-state index in [-0.39, 0.29) is 11.4 Å². The summed E-state index contributed by atoms with van der Waals surface area (Å²) >= 11 is 3.16. The van der Waals surface area contributed by atoms with Crippen molar-refractivity contribution in [3.63, 3.8) is 0 Å². The molecule has 0 heterocycles. The van der Waals surface area contributed by atoms with Crippen LogP contribution in [0.15, 0.2) is 22.7 Å². The molecule has 0 saturated carbocycles. The number of hydrogen-bond donors (Lipinski definition) is 0. The third kappa shape index (κ3) is 2.97. The molecule has 1 aromatic rings. The molecule has 5 heteroatoms. The standard InChI is InChI=1S/C11H10BrNO3/c1-4-11(2,3)16-10-6-5-8(12)7-9(10)13(14)15/h1,5-7H,2-3H3. The van der Waals surface area contributed by atoms with Crippen LogP contribution in [-0.4, -0.2) is 10.5 Å². The Bertz CT molecular complexity index is 463. The second kappa shape index (κ2) is 4.54. The summed E-state index contributed by atoms with van der Waals surface area (Å²) in [7, 11) is 0. The summed E-state index contributed by atoms with van der Waals surface area (Å²) in [5.41, 5.74) is -0.990. The minimum absolute atomic E-state index is 0.113. The number of terminal acetylenes is 1. The predicted molar refractivity (Wildman–Crippen MR) is 64.3 cm³/mol. The molecule has 0 amide bonds. The van der Waals surface area contributed by atoms with Gasteiger partial charge in [-0.2, -0.15) is 0 Å². The van der Waals surface area contributed by atoms with E-state index in [1.165, 1.54) is 12.1 Å². The number of nitrogens with zero attached hydrogens (tertiary/aromatic N) is 1. The highest BCUT2D eigenvalue weighted by Gasteiger charge is 2.22. The van der Waals surface area contributed by atoms with Gasteiger partial charge < -0.3 is 4.74 Å². The zero-order chi connectivity index (χ0) is 12.3. The molecule has 0 fully saturated rings. The van der Waals surface area contributed by atoms with Crippen molar-refractivity contribution in [3.8, 4) is 18.1 Å². The van der Waals surface area contributed by atoms with Crippen LogP contribution in [0.25, 0.3) is 0 Å². The van der Waals surface area contributed by atoms with Gasteiger partial charge in [0.1, 0.15) is 0 Å². The maximum Gasteiger partial charge on any atom is 0.312 e. The molecule has 0 unspecified atom stereocenters. The lowest BCUT2D eigenvalue weighted by Gasteiger charge is -2.19. The lowest BCUT2D eigenvalue weighted by atomic mass is 10.1. The maximum atomic E-state index is 10.8. The largest absolute Gasteiger partial charge is 0.468 e. The molecular formula is C11H10BrNO3. The van der Waals surface area contributed by atoms with Gasteiger partial charge in [-0.05, 0) is 26.0 Å². The molecule has 4 nitrogen and oxygen atoms in total.